The van der Waals surface area contributed by atoms with Gasteiger partial charge in [0.2, 0.25) is 10.0 Å². The number of rotatable bonds is 10. The first kappa shape index (κ1) is 29.5. The molecule has 2 aromatic rings. The lowest BCUT2D eigenvalue weighted by atomic mass is 9.94. The van der Waals surface area contributed by atoms with Gasteiger partial charge in [0.25, 0.3) is 5.91 Å². The summed E-state index contributed by atoms with van der Waals surface area (Å²) in [6.45, 7) is 0.964. The Kier molecular flexibility index (Phi) is 9.62. The number of anilines is 1. The van der Waals surface area contributed by atoms with Crippen molar-refractivity contribution in [2.24, 2.45) is 0 Å². The molecule has 1 saturated carbocycles. The zero-order chi connectivity index (χ0) is 28.8. The summed E-state index contributed by atoms with van der Waals surface area (Å²) in [5, 5.41) is 17.6. The van der Waals surface area contributed by atoms with Crippen molar-refractivity contribution >= 4 is 27.6 Å². The van der Waals surface area contributed by atoms with Crippen molar-refractivity contribution in [2.45, 2.75) is 81.9 Å². The van der Waals surface area contributed by atoms with Crippen LogP contribution in [-0.2, 0) is 26.0 Å². The van der Waals surface area contributed by atoms with Crippen LogP contribution in [0.15, 0.2) is 48.5 Å². The number of sulfonamides is 1. The number of ether oxygens (including phenoxy) is 1. The Labute approximate surface area is 242 Å². The molecule has 2 heterocycles. The number of aliphatic hydroxyl groups is 1. The van der Waals surface area contributed by atoms with E-state index in [1.165, 1.54) is 4.31 Å². The van der Waals surface area contributed by atoms with Gasteiger partial charge in [-0.2, -0.15) is 0 Å². The monoisotopic (exact) mass is 583 g/mol. The van der Waals surface area contributed by atoms with Gasteiger partial charge in [-0.05, 0) is 73.8 Å². The molecule has 0 radical (unpaired) electrons. The van der Waals surface area contributed by atoms with Crippen LogP contribution in [0.5, 0.6) is 0 Å². The quantitative estimate of drug-likeness (QED) is 0.367. The predicted molar refractivity (Wildman–Crippen MR) is 157 cm³/mol. The molecule has 3 N–H and O–H groups in total. The molecule has 5 rings (SSSR count). The summed E-state index contributed by atoms with van der Waals surface area (Å²) in [6.07, 6.45) is 6.12. The fourth-order valence-corrected chi connectivity index (χ4v) is 7.79. The van der Waals surface area contributed by atoms with Crippen LogP contribution in [0.3, 0.4) is 0 Å². The zero-order valence-corrected chi connectivity index (χ0v) is 24.3. The van der Waals surface area contributed by atoms with Crippen LogP contribution in [0.25, 0.3) is 0 Å². The Balaban J connectivity index is 1.38. The molecule has 2 aromatic carbocycles. The molecule has 2 aliphatic heterocycles. The first-order chi connectivity index (χ1) is 19.8. The molecule has 41 heavy (non-hydrogen) atoms. The molecular formula is C31H41N3O6S. The lowest BCUT2D eigenvalue weighted by molar-refractivity contribution is -0.147. The molecule has 3 atom stereocenters. The maximum absolute atomic E-state index is 13.8. The molecule has 0 aromatic heterocycles. The number of amides is 1. The topological polar surface area (TPSA) is 125 Å². The third-order valence-electron chi connectivity index (χ3n) is 8.50. The van der Waals surface area contributed by atoms with E-state index in [9.17, 15) is 23.1 Å². The van der Waals surface area contributed by atoms with Gasteiger partial charge in [0.1, 0.15) is 0 Å². The Bertz CT molecular complexity index is 1310. The van der Waals surface area contributed by atoms with Crippen molar-refractivity contribution in [1.29, 1.82) is 0 Å². The van der Waals surface area contributed by atoms with Gasteiger partial charge < -0.3 is 20.5 Å². The summed E-state index contributed by atoms with van der Waals surface area (Å²) >= 11 is 0. The standard InChI is InChI=1S/C31H41N3O6S/c35-29(21-32-26-12-14-40-30(36)20-26)28(16-22-8-2-1-3-9-22)33-31(37)25-17-24(23-10-4-5-11-23)18-27(19-25)34-13-6-7-15-41(34,38)39/h1-3,8-9,17-19,23,26,28-29,32,35H,4-7,10-16,20-21H2,(H,33,37)/t26?,28-,29+/m0/s1. The van der Waals surface area contributed by atoms with Crippen LogP contribution in [0.1, 0.15) is 78.8 Å². The van der Waals surface area contributed by atoms with Gasteiger partial charge in [-0.1, -0.05) is 43.2 Å². The number of cyclic esters (lactones) is 1. The number of esters is 1. The molecule has 2 saturated heterocycles. The molecule has 3 aliphatic rings. The largest absolute Gasteiger partial charge is 0.466 e. The number of nitrogens with zero attached hydrogens (tertiary/aromatic N) is 1. The maximum Gasteiger partial charge on any atom is 0.307 e. The highest BCUT2D eigenvalue weighted by Gasteiger charge is 2.30. The summed E-state index contributed by atoms with van der Waals surface area (Å²) in [5.41, 5.74) is 2.92. The van der Waals surface area contributed by atoms with Gasteiger partial charge in [-0.15, -0.1) is 0 Å². The second-order valence-corrected chi connectivity index (χ2v) is 13.6. The Morgan fingerprint density at radius 2 is 1.83 bits per heavy atom. The van der Waals surface area contributed by atoms with E-state index in [1.54, 1.807) is 6.07 Å². The van der Waals surface area contributed by atoms with Crippen molar-refractivity contribution < 1.29 is 27.9 Å². The summed E-state index contributed by atoms with van der Waals surface area (Å²) < 4.78 is 32.4. The average molecular weight is 584 g/mol. The van der Waals surface area contributed by atoms with Crippen molar-refractivity contribution in [2.75, 3.05) is 29.8 Å². The van der Waals surface area contributed by atoms with Crippen LogP contribution in [0.2, 0.25) is 0 Å². The Morgan fingerprint density at radius 3 is 2.56 bits per heavy atom. The highest BCUT2D eigenvalue weighted by Crippen LogP contribution is 2.37. The van der Waals surface area contributed by atoms with E-state index in [4.69, 9.17) is 4.74 Å². The van der Waals surface area contributed by atoms with Crippen LogP contribution in [0.4, 0.5) is 5.69 Å². The van der Waals surface area contributed by atoms with Crippen LogP contribution < -0.4 is 14.9 Å². The van der Waals surface area contributed by atoms with Crippen molar-refractivity contribution in [1.82, 2.24) is 10.6 Å². The maximum atomic E-state index is 13.8. The average Bonchev–Trinajstić information content (AvgIpc) is 3.51. The molecule has 9 nitrogen and oxygen atoms in total. The minimum absolute atomic E-state index is 0.0869. The summed E-state index contributed by atoms with van der Waals surface area (Å²) in [4.78, 5) is 25.5. The van der Waals surface area contributed by atoms with E-state index in [1.807, 2.05) is 42.5 Å². The lowest BCUT2D eigenvalue weighted by Crippen LogP contribution is -2.51. The first-order valence-corrected chi connectivity index (χ1v) is 16.5. The van der Waals surface area contributed by atoms with Gasteiger partial charge in [0.05, 0.1) is 36.6 Å². The summed E-state index contributed by atoms with van der Waals surface area (Å²) in [6, 6.07) is 14.5. The van der Waals surface area contributed by atoms with E-state index in [2.05, 4.69) is 10.6 Å². The molecule has 10 heteroatoms. The number of benzene rings is 2. The number of nitrogens with one attached hydrogen (secondary N) is 2. The molecule has 222 valence electrons. The highest BCUT2D eigenvalue weighted by atomic mass is 32.2. The SMILES string of the molecule is O=C1CC(NC[C@@H](O)[C@H](Cc2ccccc2)NC(=O)c2cc(C3CCCC3)cc(N3CCCCS3(=O)=O)c2)CCO1. The smallest absolute Gasteiger partial charge is 0.307 e. The number of hydrogen-bond donors (Lipinski definition) is 3. The van der Waals surface area contributed by atoms with E-state index < -0.39 is 22.2 Å². The minimum atomic E-state index is -3.44. The summed E-state index contributed by atoms with van der Waals surface area (Å²) in [7, 11) is -3.44. The fraction of sp³-hybridized carbons (Fsp3) is 0.548. The number of carbonyl (C=O) groups excluding carboxylic acids is 2. The number of hydrogen-bond acceptors (Lipinski definition) is 7. The van der Waals surface area contributed by atoms with Crippen LogP contribution in [-0.4, -0.2) is 69.0 Å². The molecule has 1 amide bonds. The lowest BCUT2D eigenvalue weighted by Gasteiger charge is -2.30. The number of aliphatic hydroxyl groups excluding tert-OH is 1. The second kappa shape index (κ2) is 13.4. The zero-order valence-electron chi connectivity index (χ0n) is 23.5. The summed E-state index contributed by atoms with van der Waals surface area (Å²) in [5.74, 6) is -0.196. The van der Waals surface area contributed by atoms with Gasteiger partial charge in [0, 0.05) is 24.7 Å². The van der Waals surface area contributed by atoms with Crippen molar-refractivity contribution in [3.05, 3.63) is 65.2 Å². The molecular weight excluding hydrogens is 542 g/mol. The van der Waals surface area contributed by atoms with Crippen molar-refractivity contribution in [3.63, 3.8) is 0 Å². The van der Waals surface area contributed by atoms with Crippen molar-refractivity contribution in [3.8, 4) is 0 Å². The molecule has 1 aliphatic carbocycles. The Morgan fingerprint density at radius 1 is 1.05 bits per heavy atom. The molecule has 0 spiro atoms. The first-order valence-electron chi connectivity index (χ1n) is 14.9. The Hall–Kier alpha value is -2.95. The highest BCUT2D eigenvalue weighted by molar-refractivity contribution is 7.92. The van der Waals surface area contributed by atoms with E-state index in [-0.39, 0.29) is 36.6 Å². The molecule has 0 bridgehead atoms. The fourth-order valence-electron chi connectivity index (χ4n) is 6.17. The normalized spacial score (nSPS) is 22.6. The molecule has 1 unspecified atom stereocenters. The van der Waals surface area contributed by atoms with Gasteiger partial charge >= 0.3 is 5.97 Å². The van der Waals surface area contributed by atoms with Crippen LogP contribution in [0, 0.1) is 0 Å². The third kappa shape index (κ3) is 7.67. The van der Waals surface area contributed by atoms with Crippen LogP contribution >= 0.6 is 0 Å². The van der Waals surface area contributed by atoms with Gasteiger partial charge in [0.15, 0.2) is 0 Å². The second-order valence-electron chi connectivity index (χ2n) is 11.5. The van der Waals surface area contributed by atoms with Gasteiger partial charge in [-0.25, -0.2) is 8.42 Å². The minimum Gasteiger partial charge on any atom is -0.466 e. The molecule has 3 fully saturated rings. The van der Waals surface area contributed by atoms with Gasteiger partial charge in [-0.3, -0.25) is 13.9 Å². The van der Waals surface area contributed by atoms with E-state index in [0.29, 0.717) is 49.6 Å². The van der Waals surface area contributed by atoms with E-state index >= 15 is 0 Å². The van der Waals surface area contributed by atoms with E-state index in [0.717, 1.165) is 43.2 Å². The predicted octanol–water partition coefficient (Wildman–Crippen LogP) is 3.27. The third-order valence-corrected chi connectivity index (χ3v) is 10.4. The number of carbonyl (C=O) groups is 2.